The van der Waals surface area contributed by atoms with Gasteiger partial charge in [0.25, 0.3) is 11.5 Å². The van der Waals surface area contributed by atoms with E-state index < -0.39 is 6.04 Å². The van der Waals surface area contributed by atoms with E-state index in [1.54, 1.807) is 23.7 Å². The predicted molar refractivity (Wildman–Crippen MR) is 181 cm³/mol. The Bertz CT molecular complexity index is 1870. The normalized spacial score (nSPS) is 15.1. The third kappa shape index (κ3) is 5.34. The van der Waals surface area contributed by atoms with Crippen molar-refractivity contribution in [3.8, 4) is 11.5 Å². The summed E-state index contributed by atoms with van der Waals surface area (Å²) in [5.41, 5.74) is 2.54. The van der Waals surface area contributed by atoms with Gasteiger partial charge in [0.1, 0.15) is 17.5 Å². The molecule has 0 radical (unpaired) electrons. The fourth-order valence-electron chi connectivity index (χ4n) is 5.29. The van der Waals surface area contributed by atoms with Gasteiger partial charge in [-0.3, -0.25) is 14.2 Å². The number of thiazole rings is 1. The number of rotatable bonds is 7. The first-order valence-corrected chi connectivity index (χ1v) is 16.1. The van der Waals surface area contributed by atoms with Gasteiger partial charge in [0.2, 0.25) is 0 Å². The number of allylic oxidation sites excluding steroid dienone is 1. The van der Waals surface area contributed by atoms with Gasteiger partial charge in [-0.15, -0.1) is 0 Å². The van der Waals surface area contributed by atoms with Crippen LogP contribution in [0.1, 0.15) is 37.9 Å². The molecule has 3 aromatic carbocycles. The van der Waals surface area contributed by atoms with Crippen LogP contribution in [0.15, 0.2) is 69.6 Å². The topological polar surface area (TPSA) is 73.1 Å². The largest absolute Gasteiger partial charge is 0.496 e. The monoisotopic (exact) mass is 793 g/mol. The maximum atomic E-state index is 14.3. The summed E-state index contributed by atoms with van der Waals surface area (Å²) in [6.45, 7) is 6.86. The van der Waals surface area contributed by atoms with Gasteiger partial charge in [-0.2, -0.15) is 0 Å². The Labute approximate surface area is 269 Å². The molecular weight excluding hydrogens is 764 g/mol. The van der Waals surface area contributed by atoms with Crippen LogP contribution in [0.3, 0.4) is 0 Å². The molecule has 0 unspecified atom stereocenters. The van der Waals surface area contributed by atoms with E-state index in [4.69, 9.17) is 14.5 Å². The van der Waals surface area contributed by atoms with Crippen LogP contribution in [0.5, 0.6) is 11.5 Å². The number of fused-ring (bicyclic) bond motifs is 2. The van der Waals surface area contributed by atoms with Crippen LogP contribution in [0.4, 0.5) is 0 Å². The average Bonchev–Trinajstić information content (AvgIpc) is 3.26. The summed E-state index contributed by atoms with van der Waals surface area (Å²) >= 11 is 5.81. The number of nitrogens with zero attached hydrogens (tertiary/aromatic N) is 3. The van der Waals surface area contributed by atoms with Gasteiger partial charge < -0.3 is 14.4 Å². The molecule has 0 saturated heterocycles. The molecule has 212 valence electrons. The molecule has 4 aromatic rings. The number of aromatic nitrogens is 1. The summed E-state index contributed by atoms with van der Waals surface area (Å²) in [6, 6.07) is 15.2. The van der Waals surface area contributed by atoms with Crippen LogP contribution in [0, 0.1) is 7.14 Å². The number of carbonyl (C=O) groups is 1. The van der Waals surface area contributed by atoms with Crippen molar-refractivity contribution in [2.24, 2.45) is 4.99 Å². The Morgan fingerprint density at radius 2 is 1.76 bits per heavy atom. The van der Waals surface area contributed by atoms with Crippen LogP contribution in [0.2, 0.25) is 0 Å². The fraction of sp³-hybridized carbons (Fsp3) is 0.258. The first kappa shape index (κ1) is 29.8. The Hall–Kier alpha value is -2.71. The zero-order valence-corrected chi connectivity index (χ0v) is 28.5. The van der Waals surface area contributed by atoms with E-state index >= 15 is 0 Å². The van der Waals surface area contributed by atoms with Gasteiger partial charge >= 0.3 is 0 Å². The van der Waals surface area contributed by atoms with Gasteiger partial charge in [0, 0.05) is 18.7 Å². The van der Waals surface area contributed by atoms with Gasteiger partial charge in [0.15, 0.2) is 4.80 Å². The number of carbonyl (C=O) groups excluding carboxylic acids is 1. The van der Waals surface area contributed by atoms with Gasteiger partial charge in [0.05, 0.1) is 37.2 Å². The second kappa shape index (κ2) is 12.3. The van der Waals surface area contributed by atoms with Crippen molar-refractivity contribution in [1.82, 2.24) is 9.47 Å². The Balaban J connectivity index is 1.84. The Kier molecular flexibility index (Phi) is 8.90. The van der Waals surface area contributed by atoms with Crippen molar-refractivity contribution in [2.45, 2.75) is 26.8 Å². The molecule has 1 amide bonds. The van der Waals surface area contributed by atoms with E-state index in [0.717, 1.165) is 34.8 Å². The summed E-state index contributed by atoms with van der Waals surface area (Å²) in [6.07, 6.45) is 1.89. The molecule has 1 aliphatic rings. The van der Waals surface area contributed by atoms with Crippen LogP contribution in [-0.4, -0.2) is 42.7 Å². The molecule has 0 aliphatic carbocycles. The quantitative estimate of drug-likeness (QED) is 0.233. The van der Waals surface area contributed by atoms with Crippen LogP contribution in [-0.2, 0) is 4.79 Å². The second-order valence-electron chi connectivity index (χ2n) is 9.48. The highest BCUT2D eigenvalue weighted by molar-refractivity contribution is 14.1. The minimum atomic E-state index is -0.710. The van der Waals surface area contributed by atoms with E-state index in [1.165, 1.54) is 11.3 Å². The fourth-order valence-corrected chi connectivity index (χ4v) is 8.60. The number of likely N-dealkylation sites (N-methyl/N-ethyl adjacent to an activating group) is 1. The van der Waals surface area contributed by atoms with Crippen molar-refractivity contribution >= 4 is 79.3 Å². The predicted octanol–water partition coefficient (Wildman–Crippen LogP) is 5.48. The lowest BCUT2D eigenvalue weighted by Gasteiger charge is -2.30. The molecule has 10 heteroatoms. The van der Waals surface area contributed by atoms with E-state index in [0.29, 0.717) is 39.4 Å². The highest BCUT2D eigenvalue weighted by Crippen LogP contribution is 2.40. The number of hydrogen-bond acceptors (Lipinski definition) is 6. The number of hydrogen-bond donors (Lipinski definition) is 0. The summed E-state index contributed by atoms with van der Waals surface area (Å²) in [4.78, 5) is 35.5. The number of ether oxygens (including phenoxy) is 2. The Morgan fingerprint density at radius 3 is 2.39 bits per heavy atom. The maximum Gasteiger partial charge on any atom is 0.271 e. The zero-order chi connectivity index (χ0) is 29.4. The number of methoxy groups -OCH3 is 2. The van der Waals surface area contributed by atoms with E-state index in [2.05, 4.69) is 45.2 Å². The van der Waals surface area contributed by atoms with E-state index in [-0.39, 0.29) is 11.5 Å². The van der Waals surface area contributed by atoms with Crippen LogP contribution in [0.25, 0.3) is 16.8 Å². The minimum absolute atomic E-state index is 0.134. The molecule has 0 spiro atoms. The first-order valence-electron chi connectivity index (χ1n) is 13.1. The summed E-state index contributed by atoms with van der Waals surface area (Å²) in [5.74, 6) is 1.29. The molecule has 0 saturated carbocycles. The molecule has 1 atom stereocenters. The molecule has 1 aliphatic heterocycles. The molecule has 1 aromatic heterocycles. The molecule has 7 nitrogen and oxygen atoms in total. The molecule has 0 fully saturated rings. The molecular formula is C31H29I2N3O4S. The van der Waals surface area contributed by atoms with Crippen molar-refractivity contribution in [3.05, 3.63) is 97.8 Å². The standard InChI is InChI=1S/C31H29I2N3O4S/c1-6-35(7-2)30(38)25-17(3)34-31-36(27(25)26-20-11-9-8-10-19(20)12-13-23(26)39-4)29(37)24(41-31)16-18-14-21(32)28(40-5)22(33)15-18/h8-16,27H,6-7H2,1-5H3/b24-16+/t27-/m1/s1. The number of benzene rings is 3. The first-order chi connectivity index (χ1) is 19.7. The lowest BCUT2D eigenvalue weighted by atomic mass is 9.90. The van der Waals surface area contributed by atoms with Gasteiger partial charge in [-0.05, 0) is 107 Å². The van der Waals surface area contributed by atoms with Crippen LogP contribution < -0.4 is 24.4 Å². The lowest BCUT2D eigenvalue weighted by Crippen LogP contribution is -2.43. The second-order valence-corrected chi connectivity index (χ2v) is 12.8. The molecule has 0 bridgehead atoms. The van der Waals surface area contributed by atoms with Crippen molar-refractivity contribution in [2.75, 3.05) is 27.3 Å². The lowest BCUT2D eigenvalue weighted by molar-refractivity contribution is -0.127. The average molecular weight is 793 g/mol. The third-order valence-electron chi connectivity index (χ3n) is 7.25. The number of halogens is 2. The SMILES string of the molecule is CCN(CC)C(=O)C1=C(C)N=c2s/c(=C/c3cc(I)c(OC)c(I)c3)c(=O)n2[C@H]1c1c(OC)ccc2ccccc12. The van der Waals surface area contributed by atoms with E-state index in [9.17, 15) is 9.59 Å². The maximum absolute atomic E-state index is 14.3. The van der Waals surface area contributed by atoms with Crippen molar-refractivity contribution in [1.29, 1.82) is 0 Å². The van der Waals surface area contributed by atoms with Crippen molar-refractivity contribution in [3.63, 3.8) is 0 Å². The summed E-state index contributed by atoms with van der Waals surface area (Å²) < 4.78 is 15.5. The van der Waals surface area contributed by atoms with Gasteiger partial charge in [-0.25, -0.2) is 4.99 Å². The molecule has 2 heterocycles. The van der Waals surface area contributed by atoms with E-state index in [1.807, 2.05) is 75.4 Å². The van der Waals surface area contributed by atoms with Crippen molar-refractivity contribution < 1.29 is 14.3 Å². The summed E-state index contributed by atoms with van der Waals surface area (Å²) in [7, 11) is 3.27. The van der Waals surface area contributed by atoms with Crippen LogP contribution >= 0.6 is 56.5 Å². The highest BCUT2D eigenvalue weighted by atomic mass is 127. The smallest absolute Gasteiger partial charge is 0.271 e. The molecule has 41 heavy (non-hydrogen) atoms. The summed E-state index contributed by atoms with van der Waals surface area (Å²) in [5, 5.41) is 1.92. The number of amides is 1. The Morgan fingerprint density at radius 1 is 1.07 bits per heavy atom. The molecule has 5 rings (SSSR count). The zero-order valence-electron chi connectivity index (χ0n) is 23.3. The highest BCUT2D eigenvalue weighted by Gasteiger charge is 2.36. The molecule has 0 N–H and O–H groups in total. The third-order valence-corrected chi connectivity index (χ3v) is 9.83. The van der Waals surface area contributed by atoms with Gasteiger partial charge in [-0.1, -0.05) is 41.7 Å². The minimum Gasteiger partial charge on any atom is -0.496 e.